The highest BCUT2D eigenvalue weighted by molar-refractivity contribution is 5.54. The van der Waals surface area contributed by atoms with Crippen LogP contribution in [-0.4, -0.2) is 16.5 Å². The van der Waals surface area contributed by atoms with Gasteiger partial charge in [0.25, 0.3) is 0 Å². The quantitative estimate of drug-likeness (QED) is 0.884. The number of aromatic nitrogens is 2. The van der Waals surface area contributed by atoms with Crippen molar-refractivity contribution in [1.29, 1.82) is 0 Å². The lowest BCUT2D eigenvalue weighted by Crippen LogP contribution is -2.14. The predicted molar refractivity (Wildman–Crippen MR) is 76.5 cm³/mol. The van der Waals surface area contributed by atoms with Gasteiger partial charge in [-0.1, -0.05) is 6.07 Å². The largest absolute Gasteiger partial charge is 0.339 e. The first-order chi connectivity index (χ1) is 9.31. The second-order valence-corrected chi connectivity index (χ2v) is 4.91. The van der Waals surface area contributed by atoms with Crippen LogP contribution in [0.4, 0.5) is 11.5 Å². The highest BCUT2D eigenvalue weighted by Gasteiger charge is 2.16. The molecule has 1 fully saturated rings. The predicted octanol–water partition coefficient (Wildman–Crippen LogP) is 2.95. The molecule has 19 heavy (non-hydrogen) atoms. The Kier molecular flexibility index (Phi) is 3.42. The van der Waals surface area contributed by atoms with Crippen LogP contribution in [0.15, 0.2) is 36.5 Å². The lowest BCUT2D eigenvalue weighted by atomic mass is 10.1. The van der Waals surface area contributed by atoms with Gasteiger partial charge in [0.1, 0.15) is 5.82 Å². The van der Waals surface area contributed by atoms with Crippen LogP contribution < -0.4 is 10.6 Å². The fourth-order valence-electron chi connectivity index (χ4n) is 2.38. The third kappa shape index (κ3) is 2.90. The summed E-state index contributed by atoms with van der Waals surface area (Å²) in [4.78, 5) is 8.94. The molecule has 1 atom stereocenters. The fraction of sp³-hybridized carbons (Fsp3) is 0.333. The number of pyridine rings is 2. The maximum Gasteiger partial charge on any atom is 0.130 e. The van der Waals surface area contributed by atoms with Crippen LogP contribution in [0.1, 0.15) is 30.3 Å². The van der Waals surface area contributed by atoms with E-state index in [9.17, 15) is 0 Å². The molecule has 2 N–H and O–H groups in total. The van der Waals surface area contributed by atoms with E-state index in [1.54, 1.807) is 0 Å². The van der Waals surface area contributed by atoms with Crippen LogP contribution in [0.3, 0.4) is 0 Å². The van der Waals surface area contributed by atoms with Gasteiger partial charge in [-0.15, -0.1) is 0 Å². The van der Waals surface area contributed by atoms with Crippen molar-refractivity contribution in [2.24, 2.45) is 0 Å². The van der Waals surface area contributed by atoms with Crippen molar-refractivity contribution in [2.75, 3.05) is 11.9 Å². The average molecular weight is 254 g/mol. The number of nitrogens with zero attached hydrogens (tertiary/aromatic N) is 2. The van der Waals surface area contributed by atoms with E-state index < -0.39 is 0 Å². The molecule has 98 valence electrons. The zero-order chi connectivity index (χ0) is 13.1. The highest BCUT2D eigenvalue weighted by Crippen LogP contribution is 2.22. The van der Waals surface area contributed by atoms with Gasteiger partial charge in [0.2, 0.25) is 0 Å². The molecule has 0 bridgehead atoms. The molecule has 0 spiro atoms. The third-order valence-electron chi connectivity index (χ3n) is 3.36. The molecule has 3 rings (SSSR count). The molecular formula is C15H18N4. The van der Waals surface area contributed by atoms with Crippen molar-refractivity contribution in [3.05, 3.63) is 47.9 Å². The Morgan fingerprint density at radius 3 is 2.89 bits per heavy atom. The second kappa shape index (κ2) is 5.36. The minimum atomic E-state index is 0.422. The van der Waals surface area contributed by atoms with Crippen molar-refractivity contribution < 1.29 is 0 Å². The Labute approximate surface area is 113 Å². The van der Waals surface area contributed by atoms with Gasteiger partial charge in [-0.05, 0) is 50.6 Å². The van der Waals surface area contributed by atoms with Crippen LogP contribution in [0.25, 0.3) is 0 Å². The summed E-state index contributed by atoms with van der Waals surface area (Å²) < 4.78 is 0. The molecule has 0 saturated carbocycles. The molecule has 2 aromatic rings. The summed E-state index contributed by atoms with van der Waals surface area (Å²) in [5, 5.41) is 6.72. The molecule has 0 aromatic carbocycles. The molecule has 4 heteroatoms. The highest BCUT2D eigenvalue weighted by atomic mass is 15.0. The molecule has 2 aromatic heterocycles. The molecule has 0 unspecified atom stereocenters. The van der Waals surface area contributed by atoms with E-state index >= 15 is 0 Å². The van der Waals surface area contributed by atoms with Gasteiger partial charge in [-0.25, -0.2) is 4.98 Å². The maximum atomic E-state index is 4.53. The number of anilines is 2. The second-order valence-electron chi connectivity index (χ2n) is 4.91. The normalized spacial score (nSPS) is 18.5. The summed E-state index contributed by atoms with van der Waals surface area (Å²) in [6.07, 6.45) is 4.29. The molecule has 0 radical (unpaired) electrons. The third-order valence-corrected chi connectivity index (χ3v) is 3.36. The first-order valence-electron chi connectivity index (χ1n) is 6.71. The van der Waals surface area contributed by atoms with Gasteiger partial charge < -0.3 is 10.6 Å². The number of nitrogens with one attached hydrogen (secondary N) is 2. The van der Waals surface area contributed by atoms with Crippen LogP contribution >= 0.6 is 0 Å². The van der Waals surface area contributed by atoms with Crippen molar-refractivity contribution >= 4 is 11.5 Å². The van der Waals surface area contributed by atoms with Crippen molar-refractivity contribution in [3.8, 4) is 0 Å². The smallest absolute Gasteiger partial charge is 0.130 e. The molecular weight excluding hydrogens is 236 g/mol. The number of aryl methyl sites for hydroxylation is 1. The van der Waals surface area contributed by atoms with Crippen LogP contribution in [0.5, 0.6) is 0 Å². The average Bonchev–Trinajstić information content (AvgIpc) is 2.94. The van der Waals surface area contributed by atoms with Crippen molar-refractivity contribution in [2.45, 2.75) is 25.8 Å². The molecule has 1 aliphatic rings. The first-order valence-corrected chi connectivity index (χ1v) is 6.71. The molecule has 0 aliphatic carbocycles. The number of rotatable bonds is 3. The van der Waals surface area contributed by atoms with Gasteiger partial charge in [0.15, 0.2) is 0 Å². The van der Waals surface area contributed by atoms with Crippen LogP contribution in [-0.2, 0) is 0 Å². The van der Waals surface area contributed by atoms with E-state index in [0.717, 1.165) is 29.4 Å². The van der Waals surface area contributed by atoms with E-state index in [1.165, 1.54) is 12.8 Å². The zero-order valence-electron chi connectivity index (χ0n) is 11.1. The summed E-state index contributed by atoms with van der Waals surface area (Å²) in [6.45, 7) is 3.08. The van der Waals surface area contributed by atoms with Crippen LogP contribution in [0.2, 0.25) is 0 Å². The van der Waals surface area contributed by atoms with Crippen molar-refractivity contribution in [3.63, 3.8) is 0 Å². The van der Waals surface area contributed by atoms with E-state index in [-0.39, 0.29) is 0 Å². The molecule has 1 aliphatic heterocycles. The summed E-state index contributed by atoms with van der Waals surface area (Å²) in [7, 11) is 0. The van der Waals surface area contributed by atoms with Gasteiger partial charge in [-0.2, -0.15) is 0 Å². The van der Waals surface area contributed by atoms with Gasteiger partial charge >= 0.3 is 0 Å². The lowest BCUT2D eigenvalue weighted by molar-refractivity contribution is 0.628. The number of hydrogen-bond donors (Lipinski definition) is 2. The lowest BCUT2D eigenvalue weighted by Gasteiger charge is -2.11. The minimum Gasteiger partial charge on any atom is -0.339 e. The topological polar surface area (TPSA) is 49.8 Å². The number of hydrogen-bond acceptors (Lipinski definition) is 4. The van der Waals surface area contributed by atoms with Gasteiger partial charge in [0.05, 0.1) is 17.6 Å². The molecule has 3 heterocycles. The summed E-state index contributed by atoms with van der Waals surface area (Å²) in [5.74, 6) is 0.855. The van der Waals surface area contributed by atoms with Crippen molar-refractivity contribution in [1.82, 2.24) is 15.3 Å². The molecule has 4 nitrogen and oxygen atoms in total. The van der Waals surface area contributed by atoms with Gasteiger partial charge in [-0.3, -0.25) is 4.98 Å². The molecule has 0 amide bonds. The summed E-state index contributed by atoms with van der Waals surface area (Å²) in [5.41, 5.74) is 3.10. The Hall–Kier alpha value is -1.94. The van der Waals surface area contributed by atoms with E-state index in [0.29, 0.717) is 6.04 Å². The van der Waals surface area contributed by atoms with E-state index in [1.807, 2.05) is 31.3 Å². The molecule has 1 saturated heterocycles. The Morgan fingerprint density at radius 1 is 1.26 bits per heavy atom. The monoisotopic (exact) mass is 254 g/mol. The fourth-order valence-corrected chi connectivity index (χ4v) is 2.38. The summed E-state index contributed by atoms with van der Waals surface area (Å²) in [6, 6.07) is 10.5. The van der Waals surface area contributed by atoms with Gasteiger partial charge in [0, 0.05) is 11.7 Å². The Balaban J connectivity index is 1.72. The van der Waals surface area contributed by atoms with E-state index in [4.69, 9.17) is 0 Å². The Bertz CT molecular complexity index is 544. The van der Waals surface area contributed by atoms with E-state index in [2.05, 4.69) is 32.7 Å². The first kappa shape index (κ1) is 12.1. The summed E-state index contributed by atoms with van der Waals surface area (Å²) >= 11 is 0. The van der Waals surface area contributed by atoms with Crippen LogP contribution in [0, 0.1) is 6.92 Å². The Morgan fingerprint density at radius 2 is 2.21 bits per heavy atom. The maximum absolute atomic E-state index is 4.53. The zero-order valence-corrected chi connectivity index (χ0v) is 11.1. The minimum absolute atomic E-state index is 0.422. The SMILES string of the molecule is Cc1cccc(Nc2ccc([C@H]3CCCN3)nc2)n1. The standard InChI is InChI=1S/C15H18N4/c1-11-4-2-6-15(18-11)19-12-7-8-14(17-10-12)13-5-3-9-16-13/h2,4,6-8,10,13,16H,3,5,9H2,1H3,(H,18,19)/t13-/m1/s1.